The van der Waals surface area contributed by atoms with Crippen molar-refractivity contribution in [2.24, 2.45) is 0 Å². The number of hydrogen-bond donors (Lipinski definition) is 0. The predicted octanol–water partition coefficient (Wildman–Crippen LogP) is 3.25. The molecule has 0 N–H and O–H groups in total. The highest BCUT2D eigenvalue weighted by atomic mass is 32.1. The first-order valence-corrected chi connectivity index (χ1v) is 9.22. The van der Waals surface area contributed by atoms with Crippen LogP contribution in [0.4, 0.5) is 0 Å². The lowest BCUT2D eigenvalue weighted by atomic mass is 10.1. The highest BCUT2D eigenvalue weighted by Gasteiger charge is 2.27. The number of fused-ring (bicyclic) bond motifs is 1. The monoisotopic (exact) mass is 364 g/mol. The summed E-state index contributed by atoms with van der Waals surface area (Å²) in [5, 5.41) is 10.2. The van der Waals surface area contributed by atoms with E-state index in [1.807, 2.05) is 41.3 Å². The zero-order valence-corrected chi connectivity index (χ0v) is 14.8. The number of hydrogen-bond acceptors (Lipinski definition) is 6. The second-order valence-corrected chi connectivity index (χ2v) is 7.19. The molecular weight excluding hydrogens is 348 g/mol. The van der Waals surface area contributed by atoms with Crippen LogP contribution in [-0.2, 0) is 0 Å². The average molecular weight is 364 g/mol. The summed E-state index contributed by atoms with van der Waals surface area (Å²) in [5.74, 6) is 0.260. The first-order chi connectivity index (χ1) is 12.7. The summed E-state index contributed by atoms with van der Waals surface area (Å²) in [5.41, 5.74) is 0.167. The number of likely N-dealkylation sites (tertiary alicyclic amines) is 1. The third kappa shape index (κ3) is 3.24. The summed E-state index contributed by atoms with van der Waals surface area (Å²) in [6, 6.07) is 11.9. The zero-order valence-electron chi connectivity index (χ0n) is 14.0. The number of piperidine rings is 1. The van der Waals surface area contributed by atoms with Crippen LogP contribution in [0.2, 0.25) is 0 Å². The van der Waals surface area contributed by atoms with Crippen LogP contribution < -0.4 is 4.74 Å². The van der Waals surface area contributed by atoms with Crippen molar-refractivity contribution >= 4 is 27.3 Å². The number of ether oxygens (including phenoxy) is 1. The van der Waals surface area contributed by atoms with Crippen molar-refractivity contribution in [2.75, 3.05) is 13.1 Å². The molecule has 1 aromatic carbocycles. The predicted molar refractivity (Wildman–Crippen MR) is 98.1 cm³/mol. The van der Waals surface area contributed by atoms with Gasteiger partial charge in [-0.25, -0.2) is 9.97 Å². The Bertz CT molecular complexity index is 961. The van der Waals surface area contributed by atoms with Crippen molar-refractivity contribution in [3.63, 3.8) is 0 Å². The topological polar surface area (TPSA) is 79.1 Å². The van der Waals surface area contributed by atoms with Gasteiger partial charge in [-0.15, -0.1) is 11.3 Å². The van der Waals surface area contributed by atoms with E-state index in [4.69, 9.17) is 10.00 Å². The average Bonchev–Trinajstić information content (AvgIpc) is 3.12. The summed E-state index contributed by atoms with van der Waals surface area (Å²) in [7, 11) is 0. The fourth-order valence-corrected chi connectivity index (χ4v) is 4.14. The normalized spacial score (nSPS) is 17.0. The molecule has 3 aromatic rings. The summed E-state index contributed by atoms with van der Waals surface area (Å²) in [6.45, 7) is 1.19. The first kappa shape index (κ1) is 16.5. The van der Waals surface area contributed by atoms with Gasteiger partial charge in [0.05, 0.1) is 11.4 Å². The van der Waals surface area contributed by atoms with Crippen LogP contribution in [0.1, 0.15) is 28.2 Å². The summed E-state index contributed by atoms with van der Waals surface area (Å²) < 4.78 is 6.98. The quantitative estimate of drug-likeness (QED) is 0.713. The van der Waals surface area contributed by atoms with Crippen molar-refractivity contribution < 1.29 is 9.53 Å². The highest BCUT2D eigenvalue weighted by Crippen LogP contribution is 2.27. The number of thiophene rings is 1. The summed E-state index contributed by atoms with van der Waals surface area (Å²) in [6.07, 6.45) is 4.44. The lowest BCUT2D eigenvalue weighted by Gasteiger charge is -2.32. The van der Waals surface area contributed by atoms with E-state index in [0.717, 1.165) is 27.8 Å². The molecule has 7 heteroatoms. The summed E-state index contributed by atoms with van der Waals surface area (Å²) >= 11 is 1.51. The highest BCUT2D eigenvalue weighted by molar-refractivity contribution is 7.20. The number of carbonyl (C=O) groups is 1. The molecule has 1 saturated heterocycles. The Kier molecular flexibility index (Phi) is 4.50. The first-order valence-electron chi connectivity index (χ1n) is 8.40. The van der Waals surface area contributed by atoms with Gasteiger partial charge in [-0.1, -0.05) is 18.2 Å². The Balaban J connectivity index is 1.49. The van der Waals surface area contributed by atoms with Gasteiger partial charge in [-0.2, -0.15) is 5.26 Å². The van der Waals surface area contributed by atoms with Crippen molar-refractivity contribution in [2.45, 2.75) is 18.9 Å². The van der Waals surface area contributed by atoms with Gasteiger partial charge in [0.25, 0.3) is 11.8 Å². The molecule has 0 radical (unpaired) electrons. The lowest BCUT2D eigenvalue weighted by Crippen LogP contribution is -2.44. The molecule has 0 bridgehead atoms. The molecule has 26 heavy (non-hydrogen) atoms. The van der Waals surface area contributed by atoms with Gasteiger partial charge in [-0.3, -0.25) is 4.79 Å². The molecule has 3 heterocycles. The largest absolute Gasteiger partial charge is 0.470 e. The van der Waals surface area contributed by atoms with Crippen LogP contribution in [0.5, 0.6) is 5.88 Å². The van der Waals surface area contributed by atoms with Gasteiger partial charge in [0.1, 0.15) is 12.2 Å². The lowest BCUT2D eigenvalue weighted by molar-refractivity contribution is 0.0530. The van der Waals surface area contributed by atoms with E-state index in [1.54, 1.807) is 0 Å². The van der Waals surface area contributed by atoms with Gasteiger partial charge in [0.2, 0.25) is 5.69 Å². The second kappa shape index (κ2) is 7.10. The molecular formula is C19H16N4O2S. The molecule has 2 aromatic heterocycles. The van der Waals surface area contributed by atoms with Crippen LogP contribution in [0.15, 0.2) is 42.7 Å². The number of nitrogens with zero attached hydrogens (tertiary/aromatic N) is 4. The van der Waals surface area contributed by atoms with E-state index in [1.165, 1.54) is 23.7 Å². The van der Waals surface area contributed by atoms with Gasteiger partial charge in [-0.05, 0) is 30.4 Å². The molecule has 1 fully saturated rings. The van der Waals surface area contributed by atoms with Crippen molar-refractivity contribution in [3.05, 3.63) is 53.3 Å². The maximum absolute atomic E-state index is 12.9. The van der Waals surface area contributed by atoms with Gasteiger partial charge in [0, 0.05) is 23.6 Å². The number of aromatic nitrogens is 2. The number of benzene rings is 1. The van der Waals surface area contributed by atoms with E-state index in [-0.39, 0.29) is 23.6 Å². The molecule has 1 atom stereocenters. The van der Waals surface area contributed by atoms with Crippen LogP contribution >= 0.6 is 11.3 Å². The molecule has 1 amide bonds. The van der Waals surface area contributed by atoms with Crippen LogP contribution in [0.3, 0.4) is 0 Å². The van der Waals surface area contributed by atoms with Gasteiger partial charge >= 0.3 is 0 Å². The Labute approximate surface area is 154 Å². The molecule has 1 aliphatic rings. The minimum absolute atomic E-state index is 0.0270. The Hall–Kier alpha value is -2.98. The molecule has 0 unspecified atom stereocenters. The third-order valence-corrected chi connectivity index (χ3v) is 5.45. The standard InChI is InChI=1S/C19H16N4O2S/c20-11-15-18(22-8-7-21-15)25-14-5-3-9-23(12-14)19(24)17-10-13-4-1-2-6-16(13)26-17/h1-2,4,6-8,10,14H,3,5,9,12H2/t14-/m0/s1. The Morgan fingerprint density at radius 1 is 1.31 bits per heavy atom. The number of amides is 1. The van der Waals surface area contributed by atoms with Crippen LogP contribution in [0, 0.1) is 11.3 Å². The molecule has 0 saturated carbocycles. The van der Waals surface area contributed by atoms with Crippen molar-refractivity contribution in [3.8, 4) is 11.9 Å². The van der Waals surface area contributed by atoms with E-state index in [2.05, 4.69) is 9.97 Å². The van der Waals surface area contributed by atoms with E-state index < -0.39 is 0 Å². The molecule has 130 valence electrons. The zero-order chi connectivity index (χ0) is 17.9. The molecule has 4 rings (SSSR count). The molecule has 1 aliphatic heterocycles. The van der Waals surface area contributed by atoms with Gasteiger partial charge in [0.15, 0.2) is 0 Å². The molecule has 0 spiro atoms. The number of rotatable bonds is 3. The Morgan fingerprint density at radius 3 is 3.00 bits per heavy atom. The van der Waals surface area contributed by atoms with E-state index in [9.17, 15) is 4.79 Å². The maximum atomic E-state index is 12.9. The molecule has 6 nitrogen and oxygen atoms in total. The van der Waals surface area contributed by atoms with E-state index >= 15 is 0 Å². The third-order valence-electron chi connectivity index (χ3n) is 4.35. The smallest absolute Gasteiger partial charge is 0.264 e. The maximum Gasteiger partial charge on any atom is 0.264 e. The SMILES string of the molecule is N#Cc1nccnc1O[C@H]1CCCN(C(=O)c2cc3ccccc3s2)C1. The fraction of sp³-hybridized carbons (Fsp3) is 0.263. The van der Waals surface area contributed by atoms with Crippen molar-refractivity contribution in [1.82, 2.24) is 14.9 Å². The van der Waals surface area contributed by atoms with Crippen molar-refractivity contribution in [1.29, 1.82) is 5.26 Å². The number of carbonyl (C=O) groups excluding carboxylic acids is 1. The molecule has 0 aliphatic carbocycles. The minimum Gasteiger partial charge on any atom is -0.470 e. The van der Waals surface area contributed by atoms with E-state index in [0.29, 0.717) is 13.1 Å². The minimum atomic E-state index is -0.189. The number of nitriles is 1. The van der Waals surface area contributed by atoms with Gasteiger partial charge < -0.3 is 9.64 Å². The Morgan fingerprint density at radius 2 is 2.15 bits per heavy atom. The second-order valence-electron chi connectivity index (χ2n) is 6.10. The van der Waals surface area contributed by atoms with Crippen LogP contribution in [0.25, 0.3) is 10.1 Å². The van der Waals surface area contributed by atoms with Crippen LogP contribution in [-0.4, -0.2) is 40.0 Å². The summed E-state index contributed by atoms with van der Waals surface area (Å²) in [4.78, 5) is 23.5. The fourth-order valence-electron chi connectivity index (χ4n) is 3.11.